The van der Waals surface area contributed by atoms with Gasteiger partial charge in [0.1, 0.15) is 5.76 Å². The number of hydrogen-bond acceptors (Lipinski definition) is 5. The van der Waals surface area contributed by atoms with Crippen LogP contribution >= 0.6 is 11.8 Å². The third-order valence-electron chi connectivity index (χ3n) is 7.38. The molecule has 190 valence electrons. The molecule has 1 unspecified atom stereocenters. The second-order valence-corrected chi connectivity index (χ2v) is 11.7. The summed E-state index contributed by atoms with van der Waals surface area (Å²) in [5.74, 6) is 1.12. The lowest BCUT2D eigenvalue weighted by molar-refractivity contribution is -0.121. The van der Waals surface area contributed by atoms with Crippen LogP contribution in [-0.2, 0) is 9.53 Å². The van der Waals surface area contributed by atoms with E-state index < -0.39 is 0 Å². The lowest BCUT2D eigenvalue weighted by Crippen LogP contribution is -2.47. The van der Waals surface area contributed by atoms with E-state index in [1.165, 1.54) is 45.2 Å². The van der Waals surface area contributed by atoms with Crippen LogP contribution < -0.4 is 5.32 Å². The number of thioether (sulfide) groups is 1. The second-order valence-electron chi connectivity index (χ2n) is 10.2. The molecule has 2 fully saturated rings. The molecule has 1 amide bonds. The SMILES string of the molecule is C=C/C(C)=C/C1(C)SC(=C)C(C)=C1OCCCNC(=O)CCN1CCC(N2CCCCC2)CC1. The Morgan fingerprint density at radius 2 is 1.94 bits per heavy atom. The van der Waals surface area contributed by atoms with Gasteiger partial charge in [0, 0.05) is 36.0 Å². The highest BCUT2D eigenvalue weighted by molar-refractivity contribution is 8.05. The molecule has 2 saturated heterocycles. The number of nitrogens with zero attached hydrogens (tertiary/aromatic N) is 2. The standard InChI is InChI=1S/C28H45N3O2S/c1-6-22(2)21-28(5)27(23(3)24(4)34-28)33-20-10-14-29-26(32)13-19-30-17-11-25(12-18-30)31-15-8-7-9-16-31/h6,21,25H,1,4,7-20H2,2-3,5H3,(H,29,32)/b22-21+. The van der Waals surface area contributed by atoms with Crippen LogP contribution in [0.2, 0.25) is 0 Å². The van der Waals surface area contributed by atoms with Crippen LogP contribution in [0.5, 0.6) is 0 Å². The van der Waals surface area contributed by atoms with Gasteiger partial charge in [0.2, 0.25) is 5.91 Å². The first-order valence-electron chi connectivity index (χ1n) is 13.1. The van der Waals surface area contributed by atoms with E-state index in [-0.39, 0.29) is 10.7 Å². The summed E-state index contributed by atoms with van der Waals surface area (Å²) >= 11 is 1.73. The third-order valence-corrected chi connectivity index (χ3v) is 8.66. The third kappa shape index (κ3) is 7.50. The molecule has 0 aromatic heterocycles. The number of likely N-dealkylation sites (tertiary alicyclic amines) is 2. The fraction of sp³-hybridized carbons (Fsp3) is 0.679. The molecule has 0 aromatic rings. The molecule has 34 heavy (non-hydrogen) atoms. The molecule has 3 rings (SSSR count). The van der Waals surface area contributed by atoms with E-state index in [1.54, 1.807) is 11.8 Å². The highest BCUT2D eigenvalue weighted by atomic mass is 32.2. The zero-order chi connectivity index (χ0) is 24.6. The Bertz CT molecular complexity index is 791. The fourth-order valence-corrected chi connectivity index (χ4v) is 6.64. The van der Waals surface area contributed by atoms with Crippen molar-refractivity contribution >= 4 is 17.7 Å². The van der Waals surface area contributed by atoms with Crippen molar-refractivity contribution in [3.63, 3.8) is 0 Å². The van der Waals surface area contributed by atoms with Gasteiger partial charge in [-0.15, -0.1) is 11.8 Å². The van der Waals surface area contributed by atoms with Crippen LogP contribution in [0.4, 0.5) is 0 Å². The van der Waals surface area contributed by atoms with Crippen molar-refractivity contribution in [2.75, 3.05) is 45.9 Å². The lowest BCUT2D eigenvalue weighted by atomic mass is 10.00. The summed E-state index contributed by atoms with van der Waals surface area (Å²) in [6, 6.07) is 0.762. The van der Waals surface area contributed by atoms with Crippen molar-refractivity contribution in [3.8, 4) is 0 Å². The van der Waals surface area contributed by atoms with Crippen LogP contribution in [0.3, 0.4) is 0 Å². The smallest absolute Gasteiger partial charge is 0.221 e. The van der Waals surface area contributed by atoms with Gasteiger partial charge in [0.05, 0.1) is 11.4 Å². The number of amides is 1. The summed E-state index contributed by atoms with van der Waals surface area (Å²) in [5.41, 5.74) is 2.25. The molecule has 0 radical (unpaired) electrons. The van der Waals surface area contributed by atoms with Crippen LogP contribution in [0.1, 0.15) is 65.7 Å². The summed E-state index contributed by atoms with van der Waals surface area (Å²) in [5, 5.41) is 3.07. The van der Waals surface area contributed by atoms with E-state index in [9.17, 15) is 4.79 Å². The molecule has 3 aliphatic rings. The number of ether oxygens (including phenoxy) is 1. The topological polar surface area (TPSA) is 44.8 Å². The van der Waals surface area contributed by atoms with Crippen LogP contribution in [0.15, 0.2) is 47.1 Å². The Labute approximate surface area is 211 Å². The van der Waals surface area contributed by atoms with Gasteiger partial charge in [0.15, 0.2) is 0 Å². The van der Waals surface area contributed by atoms with E-state index in [4.69, 9.17) is 4.74 Å². The predicted octanol–water partition coefficient (Wildman–Crippen LogP) is 5.28. The van der Waals surface area contributed by atoms with E-state index >= 15 is 0 Å². The molecule has 6 heteroatoms. The van der Waals surface area contributed by atoms with Crippen LogP contribution in [0.25, 0.3) is 0 Å². The Kier molecular flexibility index (Phi) is 10.3. The Morgan fingerprint density at radius 3 is 2.62 bits per heavy atom. The number of hydrogen-bond donors (Lipinski definition) is 1. The predicted molar refractivity (Wildman–Crippen MR) is 145 cm³/mol. The maximum Gasteiger partial charge on any atom is 0.221 e. The minimum atomic E-state index is -0.246. The van der Waals surface area contributed by atoms with Crippen LogP contribution in [0, 0.1) is 0 Å². The number of carbonyl (C=O) groups excluding carboxylic acids is 1. The Morgan fingerprint density at radius 1 is 1.24 bits per heavy atom. The van der Waals surface area contributed by atoms with Gasteiger partial charge in [-0.05, 0) is 79.1 Å². The van der Waals surface area contributed by atoms with Crippen molar-refractivity contribution in [1.82, 2.24) is 15.1 Å². The second kappa shape index (κ2) is 13.0. The summed E-state index contributed by atoms with van der Waals surface area (Å²) in [6.07, 6.45) is 12.1. The molecule has 3 heterocycles. The van der Waals surface area contributed by atoms with Crippen molar-refractivity contribution in [1.29, 1.82) is 0 Å². The normalized spacial score (nSPS) is 25.6. The zero-order valence-corrected chi connectivity index (χ0v) is 22.5. The summed E-state index contributed by atoms with van der Waals surface area (Å²) in [7, 11) is 0. The van der Waals surface area contributed by atoms with Gasteiger partial charge in [-0.2, -0.15) is 0 Å². The minimum absolute atomic E-state index is 0.146. The zero-order valence-electron chi connectivity index (χ0n) is 21.7. The first-order valence-corrected chi connectivity index (χ1v) is 13.9. The number of allylic oxidation sites excluding steroid dienone is 3. The summed E-state index contributed by atoms with van der Waals surface area (Å²) < 4.78 is 5.95. The highest BCUT2D eigenvalue weighted by Gasteiger charge is 2.38. The molecular weight excluding hydrogens is 442 g/mol. The van der Waals surface area contributed by atoms with Gasteiger partial charge in [0.25, 0.3) is 0 Å². The highest BCUT2D eigenvalue weighted by Crippen LogP contribution is 2.50. The van der Waals surface area contributed by atoms with Gasteiger partial charge in [-0.25, -0.2) is 0 Å². The largest absolute Gasteiger partial charge is 0.496 e. The molecule has 0 spiro atoms. The van der Waals surface area contributed by atoms with E-state index in [1.807, 2.05) is 6.08 Å². The molecule has 0 saturated carbocycles. The lowest BCUT2D eigenvalue weighted by Gasteiger charge is -2.40. The Balaban J connectivity index is 1.30. The maximum atomic E-state index is 12.3. The molecular formula is C28H45N3O2S. The molecule has 0 bridgehead atoms. The molecule has 3 aliphatic heterocycles. The average molecular weight is 488 g/mol. The number of nitrogens with one attached hydrogen (secondary N) is 1. The van der Waals surface area contributed by atoms with E-state index in [0.717, 1.165) is 53.9 Å². The number of rotatable bonds is 11. The molecule has 0 aromatic carbocycles. The quantitative estimate of drug-likeness (QED) is 0.317. The molecule has 1 N–H and O–H groups in total. The molecule has 1 atom stereocenters. The maximum absolute atomic E-state index is 12.3. The molecule has 0 aliphatic carbocycles. The number of carbonyl (C=O) groups is 1. The van der Waals surface area contributed by atoms with Gasteiger partial charge < -0.3 is 19.9 Å². The summed E-state index contributed by atoms with van der Waals surface area (Å²) in [6.45, 7) is 21.2. The number of piperidine rings is 2. The fourth-order valence-electron chi connectivity index (χ4n) is 5.33. The first-order chi connectivity index (χ1) is 16.3. The van der Waals surface area contributed by atoms with E-state index in [0.29, 0.717) is 19.6 Å². The van der Waals surface area contributed by atoms with Gasteiger partial charge in [-0.3, -0.25) is 4.79 Å². The van der Waals surface area contributed by atoms with Crippen LogP contribution in [-0.4, -0.2) is 72.4 Å². The van der Waals surface area contributed by atoms with Gasteiger partial charge >= 0.3 is 0 Å². The first kappa shape index (κ1) is 27.1. The minimum Gasteiger partial charge on any atom is -0.496 e. The van der Waals surface area contributed by atoms with Crippen molar-refractivity contribution in [2.24, 2.45) is 0 Å². The van der Waals surface area contributed by atoms with E-state index in [2.05, 4.69) is 55.1 Å². The summed E-state index contributed by atoms with van der Waals surface area (Å²) in [4.78, 5) is 18.6. The van der Waals surface area contributed by atoms with Crippen molar-refractivity contribution < 1.29 is 9.53 Å². The molecule has 5 nitrogen and oxygen atoms in total. The Hall–Kier alpha value is -1.50. The average Bonchev–Trinajstić information content (AvgIpc) is 3.05. The monoisotopic (exact) mass is 487 g/mol. The van der Waals surface area contributed by atoms with Crippen molar-refractivity contribution in [2.45, 2.75) is 76.5 Å². The van der Waals surface area contributed by atoms with Gasteiger partial charge in [-0.1, -0.05) is 37.3 Å². The van der Waals surface area contributed by atoms with Crippen molar-refractivity contribution in [3.05, 3.63) is 47.1 Å².